The van der Waals surface area contributed by atoms with E-state index in [1.165, 1.54) is 0 Å². The highest BCUT2D eigenvalue weighted by Crippen LogP contribution is 1.98. The summed E-state index contributed by atoms with van der Waals surface area (Å²) in [6.07, 6.45) is 0. The van der Waals surface area contributed by atoms with Crippen molar-refractivity contribution in [2.45, 2.75) is 13.2 Å². The van der Waals surface area contributed by atoms with Gasteiger partial charge in [0, 0.05) is 5.16 Å². The van der Waals surface area contributed by atoms with Gasteiger partial charge in [0.1, 0.15) is 13.2 Å². The fraction of sp³-hybridized carbons (Fsp3) is 0.500. The molecule has 0 radical (unpaired) electrons. The maximum atomic E-state index is 10.4. The van der Waals surface area contributed by atoms with Gasteiger partial charge in [0.25, 0.3) is 0 Å². The Hall–Kier alpha value is -1.14. The van der Waals surface area contributed by atoms with Gasteiger partial charge in [-0.25, -0.2) is 0 Å². The van der Waals surface area contributed by atoms with E-state index in [-0.39, 0.29) is 16.3 Å². The number of aliphatic hydroxyl groups is 2. The van der Waals surface area contributed by atoms with Crippen LogP contribution in [0.4, 0.5) is 0 Å². The largest absolute Gasteiger partial charge is 0.388 e. The molecule has 2 N–H and O–H groups in total. The maximum Gasteiger partial charge on any atom is 0.248 e. The van der Waals surface area contributed by atoms with Crippen LogP contribution in [0.2, 0.25) is 0 Å². The summed E-state index contributed by atoms with van der Waals surface area (Å²) in [5.74, 6) is 0. The first-order valence-electron chi connectivity index (χ1n) is 2.58. The van der Waals surface area contributed by atoms with Gasteiger partial charge in [-0.05, 0) is 4.90 Å². The highest BCUT2D eigenvalue weighted by Gasteiger charge is 2.15. The van der Waals surface area contributed by atoms with Crippen molar-refractivity contribution in [1.29, 1.82) is 0 Å². The summed E-state index contributed by atoms with van der Waals surface area (Å²) in [6, 6.07) is 0. The predicted molar refractivity (Wildman–Crippen MR) is 27.3 cm³/mol. The smallest absolute Gasteiger partial charge is 0.248 e. The van der Waals surface area contributed by atoms with E-state index in [9.17, 15) is 5.21 Å². The minimum Gasteiger partial charge on any atom is -0.388 e. The number of hydrogen-bond donors (Lipinski definition) is 2. The van der Waals surface area contributed by atoms with Gasteiger partial charge in [-0.3, -0.25) is 4.63 Å². The average Bonchev–Trinajstić information content (AvgIpc) is 2.30. The van der Waals surface area contributed by atoms with Crippen LogP contribution in [-0.2, 0) is 13.2 Å². The first kappa shape index (κ1) is 6.97. The second kappa shape index (κ2) is 2.63. The molecular weight excluding hydrogens is 140 g/mol. The fourth-order valence-electron chi connectivity index (χ4n) is 0.563. The monoisotopic (exact) mass is 146 g/mol. The van der Waals surface area contributed by atoms with Crippen molar-refractivity contribution >= 4 is 0 Å². The SMILES string of the molecule is [O-][n+]1onc(CO)c1CO. The van der Waals surface area contributed by atoms with Gasteiger partial charge in [0.15, 0.2) is 0 Å². The summed E-state index contributed by atoms with van der Waals surface area (Å²) in [5, 5.41) is 30.6. The van der Waals surface area contributed by atoms with Crippen molar-refractivity contribution in [1.82, 2.24) is 5.16 Å². The van der Waals surface area contributed by atoms with Gasteiger partial charge in [-0.1, -0.05) is 0 Å². The third-order valence-electron chi connectivity index (χ3n) is 1.08. The Labute approximate surface area is 55.8 Å². The van der Waals surface area contributed by atoms with Gasteiger partial charge < -0.3 is 15.4 Å². The molecule has 0 unspecified atom stereocenters. The van der Waals surface area contributed by atoms with Crippen molar-refractivity contribution in [2.75, 3.05) is 0 Å². The molecule has 1 aromatic rings. The van der Waals surface area contributed by atoms with E-state index in [2.05, 4.69) is 9.79 Å². The lowest BCUT2D eigenvalue weighted by Gasteiger charge is -1.88. The van der Waals surface area contributed by atoms with Crippen LogP contribution in [0.15, 0.2) is 4.63 Å². The first-order valence-corrected chi connectivity index (χ1v) is 2.58. The van der Waals surface area contributed by atoms with Crippen LogP contribution in [0.5, 0.6) is 0 Å². The van der Waals surface area contributed by atoms with E-state index in [4.69, 9.17) is 10.2 Å². The Balaban J connectivity index is 3.01. The molecule has 1 heterocycles. The van der Waals surface area contributed by atoms with E-state index in [0.717, 1.165) is 0 Å². The van der Waals surface area contributed by atoms with Crippen molar-refractivity contribution in [3.63, 3.8) is 0 Å². The standard InChI is InChI=1S/C4H6N2O4/c7-1-3-4(2-8)6(9)10-5-3/h7-8H,1-2H2. The molecule has 0 aliphatic rings. The van der Waals surface area contributed by atoms with Crippen LogP contribution in [0.1, 0.15) is 11.4 Å². The van der Waals surface area contributed by atoms with Crippen molar-refractivity contribution < 1.29 is 19.7 Å². The normalized spacial score (nSPS) is 10.2. The highest BCUT2D eigenvalue weighted by atomic mass is 16.8. The second-order valence-electron chi connectivity index (χ2n) is 1.64. The minimum atomic E-state index is -0.483. The molecule has 6 nitrogen and oxygen atoms in total. The van der Waals surface area contributed by atoms with Gasteiger partial charge in [-0.2, -0.15) is 0 Å². The molecule has 0 fully saturated rings. The molecule has 0 aliphatic carbocycles. The van der Waals surface area contributed by atoms with Crippen LogP contribution in [0.25, 0.3) is 0 Å². The summed E-state index contributed by atoms with van der Waals surface area (Å²) in [4.78, 5) is 0.0611. The molecule has 56 valence electrons. The Kier molecular flexibility index (Phi) is 1.83. The van der Waals surface area contributed by atoms with Gasteiger partial charge in [0.2, 0.25) is 11.4 Å². The van der Waals surface area contributed by atoms with Crippen LogP contribution in [-0.4, -0.2) is 15.4 Å². The topological polar surface area (TPSA) is 93.4 Å². The summed E-state index contributed by atoms with van der Waals surface area (Å²) in [5.41, 5.74) is 0.0139. The molecule has 0 saturated carbocycles. The first-order chi connectivity index (χ1) is 4.79. The number of hydrogen-bond acceptors (Lipinski definition) is 5. The molecule has 0 amide bonds. The third kappa shape index (κ3) is 0.937. The Morgan fingerprint density at radius 2 is 2.20 bits per heavy atom. The molecule has 6 heteroatoms. The summed E-state index contributed by atoms with van der Waals surface area (Å²) in [7, 11) is 0. The molecule has 10 heavy (non-hydrogen) atoms. The van der Waals surface area contributed by atoms with Crippen molar-refractivity contribution in [2.24, 2.45) is 0 Å². The molecule has 1 rings (SSSR count). The summed E-state index contributed by atoms with van der Waals surface area (Å²) in [6.45, 7) is -0.891. The summed E-state index contributed by atoms with van der Waals surface area (Å²) >= 11 is 0. The number of nitrogens with zero attached hydrogens (tertiary/aromatic N) is 2. The van der Waals surface area contributed by atoms with Gasteiger partial charge in [-0.15, -0.1) is 0 Å². The van der Waals surface area contributed by atoms with E-state index in [1.54, 1.807) is 0 Å². The third-order valence-corrected chi connectivity index (χ3v) is 1.08. The molecular formula is C4H6N2O4. The lowest BCUT2D eigenvalue weighted by Crippen LogP contribution is -2.28. The Morgan fingerprint density at radius 1 is 1.50 bits per heavy atom. The predicted octanol–water partition coefficient (Wildman–Crippen LogP) is -1.71. The molecule has 0 aliphatic heterocycles. The Morgan fingerprint density at radius 3 is 2.60 bits per heavy atom. The lowest BCUT2D eigenvalue weighted by atomic mass is 10.3. The number of aromatic nitrogens is 2. The molecule has 0 bridgehead atoms. The quantitative estimate of drug-likeness (QED) is 0.484. The van der Waals surface area contributed by atoms with Crippen LogP contribution >= 0.6 is 0 Å². The van der Waals surface area contributed by atoms with Gasteiger partial charge in [0.05, 0.1) is 0 Å². The van der Waals surface area contributed by atoms with E-state index < -0.39 is 13.2 Å². The second-order valence-corrected chi connectivity index (χ2v) is 1.64. The van der Waals surface area contributed by atoms with E-state index >= 15 is 0 Å². The van der Waals surface area contributed by atoms with Gasteiger partial charge >= 0.3 is 0 Å². The van der Waals surface area contributed by atoms with Crippen LogP contribution in [0.3, 0.4) is 0 Å². The highest BCUT2D eigenvalue weighted by molar-refractivity contribution is 4.99. The van der Waals surface area contributed by atoms with Crippen LogP contribution in [0, 0.1) is 5.21 Å². The zero-order chi connectivity index (χ0) is 7.56. The van der Waals surface area contributed by atoms with E-state index in [0.29, 0.717) is 0 Å². The minimum absolute atomic E-state index is 0.0532. The molecule has 0 atom stereocenters. The van der Waals surface area contributed by atoms with E-state index in [1.807, 2.05) is 0 Å². The van der Waals surface area contributed by atoms with Crippen molar-refractivity contribution in [3.05, 3.63) is 16.6 Å². The molecule has 1 aromatic heterocycles. The number of aliphatic hydroxyl groups excluding tert-OH is 2. The summed E-state index contributed by atoms with van der Waals surface area (Å²) < 4.78 is 4.07. The molecule has 0 saturated heterocycles. The maximum absolute atomic E-state index is 10.4. The average molecular weight is 146 g/mol. The fourth-order valence-corrected chi connectivity index (χ4v) is 0.563. The number of rotatable bonds is 2. The Bertz CT molecular complexity index is 221. The lowest BCUT2D eigenvalue weighted by molar-refractivity contribution is -0.809. The molecule has 0 spiro atoms. The zero-order valence-corrected chi connectivity index (χ0v) is 5.02. The van der Waals surface area contributed by atoms with Crippen molar-refractivity contribution in [3.8, 4) is 0 Å². The molecule has 0 aromatic carbocycles. The zero-order valence-electron chi connectivity index (χ0n) is 5.02. The van der Waals surface area contributed by atoms with Crippen LogP contribution < -0.4 is 4.90 Å².